The largest absolute Gasteiger partial charge is 0.392 e. The van der Waals surface area contributed by atoms with Gasteiger partial charge in [0, 0.05) is 0 Å². The third-order valence-corrected chi connectivity index (χ3v) is 2.77. The fourth-order valence-electron chi connectivity index (χ4n) is 1.72. The van der Waals surface area contributed by atoms with Crippen LogP contribution in [-0.2, 0) is 12.3 Å². The standard InChI is InChI=1S/C11H13FO/c12-11(5-2-6-11)10-4-1-3-9(7-10)8-13/h1,3-4,7,13H,2,5-6,8H2. The van der Waals surface area contributed by atoms with Crippen LogP contribution in [0.2, 0.25) is 0 Å². The zero-order valence-corrected chi connectivity index (χ0v) is 7.46. The molecule has 1 saturated carbocycles. The summed E-state index contributed by atoms with van der Waals surface area (Å²) in [6.45, 7) is -0.0100. The minimum atomic E-state index is -1.11. The lowest BCUT2D eigenvalue weighted by Crippen LogP contribution is -2.28. The van der Waals surface area contributed by atoms with E-state index >= 15 is 0 Å². The first-order valence-electron chi connectivity index (χ1n) is 4.64. The molecule has 2 rings (SSSR count). The third kappa shape index (κ3) is 1.46. The van der Waals surface area contributed by atoms with E-state index in [2.05, 4.69) is 0 Å². The molecule has 0 bridgehead atoms. The van der Waals surface area contributed by atoms with E-state index in [1.54, 1.807) is 18.2 Å². The molecular weight excluding hydrogens is 167 g/mol. The van der Waals surface area contributed by atoms with Gasteiger partial charge in [-0.3, -0.25) is 0 Å². The molecule has 13 heavy (non-hydrogen) atoms. The first-order chi connectivity index (χ1) is 6.24. The Morgan fingerprint density at radius 2 is 2.15 bits per heavy atom. The first-order valence-corrected chi connectivity index (χ1v) is 4.64. The van der Waals surface area contributed by atoms with Crippen LogP contribution in [-0.4, -0.2) is 5.11 Å². The van der Waals surface area contributed by atoms with Gasteiger partial charge in [-0.15, -0.1) is 0 Å². The number of benzene rings is 1. The van der Waals surface area contributed by atoms with Crippen molar-refractivity contribution in [2.45, 2.75) is 31.5 Å². The van der Waals surface area contributed by atoms with E-state index in [1.807, 2.05) is 6.07 Å². The molecule has 0 spiro atoms. The molecule has 0 unspecified atom stereocenters. The van der Waals surface area contributed by atoms with Crippen molar-refractivity contribution in [3.63, 3.8) is 0 Å². The maximum absolute atomic E-state index is 13.9. The molecule has 0 amide bonds. The van der Waals surface area contributed by atoms with E-state index in [9.17, 15) is 4.39 Å². The van der Waals surface area contributed by atoms with Crippen LogP contribution in [0.1, 0.15) is 30.4 Å². The number of hydrogen-bond donors (Lipinski definition) is 1. The van der Waals surface area contributed by atoms with Gasteiger partial charge in [0.2, 0.25) is 0 Å². The molecule has 1 aliphatic rings. The Bertz CT molecular complexity index is 305. The van der Waals surface area contributed by atoms with Gasteiger partial charge in [0.25, 0.3) is 0 Å². The van der Waals surface area contributed by atoms with Gasteiger partial charge in [0.05, 0.1) is 6.61 Å². The molecule has 1 nitrogen and oxygen atoms in total. The van der Waals surface area contributed by atoms with E-state index in [4.69, 9.17) is 5.11 Å². The van der Waals surface area contributed by atoms with Gasteiger partial charge in [-0.2, -0.15) is 0 Å². The first kappa shape index (κ1) is 8.70. The van der Waals surface area contributed by atoms with Crippen LogP contribution >= 0.6 is 0 Å². The van der Waals surface area contributed by atoms with Gasteiger partial charge in [0.1, 0.15) is 5.67 Å². The van der Waals surface area contributed by atoms with Crippen LogP contribution in [0.3, 0.4) is 0 Å². The molecule has 1 N–H and O–H groups in total. The average molecular weight is 180 g/mol. The summed E-state index contributed by atoms with van der Waals surface area (Å²) < 4.78 is 13.9. The number of hydrogen-bond acceptors (Lipinski definition) is 1. The molecule has 0 aliphatic heterocycles. The number of aliphatic hydroxyl groups excluding tert-OH is 1. The molecule has 1 aromatic rings. The molecule has 0 atom stereocenters. The highest BCUT2D eigenvalue weighted by Crippen LogP contribution is 2.44. The molecule has 70 valence electrons. The minimum Gasteiger partial charge on any atom is -0.392 e. The van der Waals surface area contributed by atoms with Crippen LogP contribution in [0, 0.1) is 0 Å². The summed E-state index contributed by atoms with van der Waals surface area (Å²) in [5.74, 6) is 0. The monoisotopic (exact) mass is 180 g/mol. The summed E-state index contributed by atoms with van der Waals surface area (Å²) in [4.78, 5) is 0. The second-order valence-electron chi connectivity index (χ2n) is 3.68. The molecule has 1 fully saturated rings. The van der Waals surface area contributed by atoms with Crippen molar-refractivity contribution < 1.29 is 9.50 Å². The average Bonchev–Trinajstić information content (AvgIpc) is 2.14. The second kappa shape index (κ2) is 3.11. The molecule has 2 heteroatoms. The Hall–Kier alpha value is -0.890. The maximum Gasteiger partial charge on any atom is 0.136 e. The lowest BCUT2D eigenvalue weighted by molar-refractivity contribution is 0.0607. The van der Waals surface area contributed by atoms with Crippen LogP contribution in [0.5, 0.6) is 0 Å². The third-order valence-electron chi connectivity index (χ3n) is 2.77. The van der Waals surface area contributed by atoms with Crippen molar-refractivity contribution in [1.29, 1.82) is 0 Å². The topological polar surface area (TPSA) is 20.2 Å². The summed E-state index contributed by atoms with van der Waals surface area (Å²) in [5, 5.41) is 8.90. The predicted molar refractivity (Wildman–Crippen MR) is 49.0 cm³/mol. The van der Waals surface area contributed by atoms with Crippen molar-refractivity contribution in [1.82, 2.24) is 0 Å². The Morgan fingerprint density at radius 1 is 1.38 bits per heavy atom. The lowest BCUT2D eigenvalue weighted by atomic mass is 9.76. The summed E-state index contributed by atoms with van der Waals surface area (Å²) in [7, 11) is 0. The van der Waals surface area contributed by atoms with Crippen LogP contribution in [0.15, 0.2) is 24.3 Å². The van der Waals surface area contributed by atoms with Crippen molar-refractivity contribution in [3.8, 4) is 0 Å². The maximum atomic E-state index is 13.9. The molecule has 0 saturated heterocycles. The van der Waals surface area contributed by atoms with Crippen molar-refractivity contribution in [3.05, 3.63) is 35.4 Å². The van der Waals surface area contributed by atoms with Crippen LogP contribution in [0.25, 0.3) is 0 Å². The van der Waals surface area contributed by atoms with Crippen LogP contribution < -0.4 is 0 Å². The fraction of sp³-hybridized carbons (Fsp3) is 0.455. The highest BCUT2D eigenvalue weighted by molar-refractivity contribution is 5.29. The van der Waals surface area contributed by atoms with Gasteiger partial charge in [-0.05, 0) is 30.4 Å². The van der Waals surface area contributed by atoms with Crippen molar-refractivity contribution in [2.75, 3.05) is 0 Å². The Kier molecular flexibility index (Phi) is 2.08. The highest BCUT2D eigenvalue weighted by atomic mass is 19.1. The summed E-state index contributed by atoms with van der Waals surface area (Å²) >= 11 is 0. The van der Waals surface area contributed by atoms with E-state index in [-0.39, 0.29) is 6.61 Å². The number of rotatable bonds is 2. The van der Waals surface area contributed by atoms with E-state index in [0.29, 0.717) is 12.8 Å². The Balaban J connectivity index is 2.29. The van der Waals surface area contributed by atoms with Gasteiger partial charge < -0.3 is 5.11 Å². The van der Waals surface area contributed by atoms with Gasteiger partial charge in [0.15, 0.2) is 0 Å². The quantitative estimate of drug-likeness (QED) is 0.741. The SMILES string of the molecule is OCc1cccc(C2(F)CCC2)c1. The molecule has 1 aromatic carbocycles. The van der Waals surface area contributed by atoms with Gasteiger partial charge in [-0.25, -0.2) is 4.39 Å². The molecular formula is C11H13FO. The molecule has 0 radical (unpaired) electrons. The highest BCUT2D eigenvalue weighted by Gasteiger charge is 2.38. The van der Waals surface area contributed by atoms with E-state index < -0.39 is 5.67 Å². The zero-order valence-electron chi connectivity index (χ0n) is 7.46. The predicted octanol–water partition coefficient (Wildman–Crippen LogP) is 2.53. The smallest absolute Gasteiger partial charge is 0.136 e. The Labute approximate surface area is 77.2 Å². The minimum absolute atomic E-state index is 0.0100. The van der Waals surface area contributed by atoms with E-state index in [0.717, 1.165) is 17.5 Å². The lowest BCUT2D eigenvalue weighted by Gasteiger charge is -2.34. The van der Waals surface area contributed by atoms with Crippen molar-refractivity contribution >= 4 is 0 Å². The zero-order chi connectivity index (χ0) is 9.31. The van der Waals surface area contributed by atoms with Crippen molar-refractivity contribution in [2.24, 2.45) is 0 Å². The normalized spacial score (nSPS) is 19.5. The van der Waals surface area contributed by atoms with E-state index in [1.165, 1.54) is 0 Å². The van der Waals surface area contributed by atoms with Gasteiger partial charge >= 0.3 is 0 Å². The molecule has 0 aromatic heterocycles. The van der Waals surface area contributed by atoms with Gasteiger partial charge in [-0.1, -0.05) is 24.3 Å². The summed E-state index contributed by atoms with van der Waals surface area (Å²) in [6.07, 6.45) is 2.23. The van der Waals surface area contributed by atoms with Crippen LogP contribution in [0.4, 0.5) is 4.39 Å². The Morgan fingerprint density at radius 3 is 2.69 bits per heavy atom. The summed E-state index contributed by atoms with van der Waals surface area (Å²) in [5.41, 5.74) is 0.414. The number of aliphatic hydroxyl groups is 1. The number of halogens is 1. The number of alkyl halides is 1. The molecule has 0 heterocycles. The molecule has 1 aliphatic carbocycles. The fourth-order valence-corrected chi connectivity index (χ4v) is 1.72. The summed E-state index contributed by atoms with van der Waals surface area (Å²) in [6, 6.07) is 7.18. The second-order valence-corrected chi connectivity index (χ2v) is 3.68.